The number of hydrogen-bond acceptors (Lipinski definition) is 4. The Morgan fingerprint density at radius 1 is 1.20 bits per heavy atom. The smallest absolute Gasteiger partial charge is 0.255 e. The van der Waals surface area contributed by atoms with Crippen LogP contribution in [0.15, 0.2) is 40.9 Å². The molecule has 0 aromatic heterocycles. The Labute approximate surface area is 154 Å². The molecule has 3 N–H and O–H groups in total. The lowest BCUT2D eigenvalue weighted by atomic mass is 10.1. The van der Waals surface area contributed by atoms with E-state index < -0.39 is 5.91 Å². The fraction of sp³-hybridized carbons (Fsp3) is 0.222. The van der Waals surface area contributed by atoms with Gasteiger partial charge in [-0.2, -0.15) is 0 Å². The number of hydrogen-bond donors (Lipinski definition) is 2. The zero-order valence-corrected chi connectivity index (χ0v) is 15.6. The number of ether oxygens (including phenoxy) is 2. The number of amides is 2. The molecule has 0 bridgehead atoms. The minimum atomic E-state index is -0.400. The monoisotopic (exact) mass is 406 g/mol. The van der Waals surface area contributed by atoms with Crippen LogP contribution in [0, 0.1) is 0 Å². The van der Waals surface area contributed by atoms with Crippen molar-refractivity contribution in [3.8, 4) is 11.5 Å². The van der Waals surface area contributed by atoms with Gasteiger partial charge in [0.25, 0.3) is 5.91 Å². The van der Waals surface area contributed by atoms with E-state index in [0.29, 0.717) is 33.8 Å². The van der Waals surface area contributed by atoms with Crippen molar-refractivity contribution in [3.63, 3.8) is 0 Å². The van der Waals surface area contributed by atoms with Crippen LogP contribution in [0.2, 0.25) is 0 Å². The Balaban J connectivity index is 2.17. The minimum absolute atomic E-state index is 0.164. The van der Waals surface area contributed by atoms with E-state index >= 15 is 0 Å². The van der Waals surface area contributed by atoms with Crippen molar-refractivity contribution < 1.29 is 19.1 Å². The predicted molar refractivity (Wildman–Crippen MR) is 99.2 cm³/mol. The van der Waals surface area contributed by atoms with Crippen LogP contribution in [-0.4, -0.2) is 25.5 Å². The first-order valence-electron chi connectivity index (χ1n) is 7.63. The SMILES string of the molecule is CCOc1c(Br)cc(C(=O)Nc2ccc(CC(N)=O)cc2)cc1OC. The van der Waals surface area contributed by atoms with Gasteiger partial charge >= 0.3 is 0 Å². The number of primary amides is 1. The molecule has 0 atom stereocenters. The second-order valence-electron chi connectivity index (χ2n) is 5.22. The van der Waals surface area contributed by atoms with Gasteiger partial charge in [-0.05, 0) is 52.7 Å². The molecular weight excluding hydrogens is 388 g/mol. The molecule has 0 aliphatic carbocycles. The van der Waals surface area contributed by atoms with Crippen LogP contribution in [0.25, 0.3) is 0 Å². The Morgan fingerprint density at radius 2 is 1.88 bits per heavy atom. The Morgan fingerprint density at radius 3 is 2.44 bits per heavy atom. The number of benzene rings is 2. The largest absolute Gasteiger partial charge is 0.493 e. The van der Waals surface area contributed by atoms with Crippen molar-refractivity contribution in [1.29, 1.82) is 0 Å². The summed E-state index contributed by atoms with van der Waals surface area (Å²) in [5.74, 6) is 0.336. The fourth-order valence-electron chi connectivity index (χ4n) is 2.25. The van der Waals surface area contributed by atoms with Crippen LogP contribution in [0.5, 0.6) is 11.5 Å². The van der Waals surface area contributed by atoms with Crippen LogP contribution in [-0.2, 0) is 11.2 Å². The highest BCUT2D eigenvalue weighted by atomic mass is 79.9. The second-order valence-corrected chi connectivity index (χ2v) is 6.07. The molecule has 0 radical (unpaired) electrons. The average molecular weight is 407 g/mol. The molecule has 0 saturated carbocycles. The summed E-state index contributed by atoms with van der Waals surface area (Å²) in [6.45, 7) is 2.35. The summed E-state index contributed by atoms with van der Waals surface area (Å²) in [7, 11) is 1.52. The van der Waals surface area contributed by atoms with Crippen LogP contribution in [0.3, 0.4) is 0 Å². The molecule has 2 rings (SSSR count). The summed E-state index contributed by atoms with van der Waals surface area (Å²) in [5, 5.41) is 2.80. The van der Waals surface area contributed by atoms with Crippen molar-refractivity contribution in [2.75, 3.05) is 19.0 Å². The molecule has 0 aliphatic rings. The fourth-order valence-corrected chi connectivity index (χ4v) is 2.80. The van der Waals surface area contributed by atoms with Crippen molar-refractivity contribution in [1.82, 2.24) is 0 Å². The zero-order valence-electron chi connectivity index (χ0n) is 14.0. The summed E-state index contributed by atoms with van der Waals surface area (Å²) in [4.78, 5) is 23.4. The molecule has 0 spiro atoms. The van der Waals surface area contributed by atoms with Crippen molar-refractivity contribution in [2.24, 2.45) is 5.73 Å². The third kappa shape index (κ3) is 4.96. The predicted octanol–water partition coefficient (Wildman–Crippen LogP) is 3.14. The Hall–Kier alpha value is -2.54. The van der Waals surface area contributed by atoms with Gasteiger partial charge in [0.05, 0.1) is 24.6 Å². The Kier molecular flexibility index (Phi) is 6.41. The van der Waals surface area contributed by atoms with Crippen LogP contribution in [0.4, 0.5) is 5.69 Å². The van der Waals surface area contributed by atoms with Crippen molar-refractivity contribution in [3.05, 3.63) is 52.0 Å². The number of nitrogens with two attached hydrogens (primary N) is 1. The van der Waals surface area contributed by atoms with Gasteiger partial charge in [0.1, 0.15) is 0 Å². The second kappa shape index (κ2) is 8.53. The van der Waals surface area contributed by atoms with Gasteiger partial charge in [-0.3, -0.25) is 9.59 Å². The summed E-state index contributed by atoms with van der Waals surface area (Å²) in [6.07, 6.45) is 0.164. The first kappa shape index (κ1) is 18.8. The highest BCUT2D eigenvalue weighted by molar-refractivity contribution is 9.10. The standard InChI is InChI=1S/C18H19BrN2O4/c1-3-25-17-14(19)9-12(10-15(17)24-2)18(23)21-13-6-4-11(5-7-13)8-16(20)22/h4-7,9-10H,3,8H2,1-2H3,(H2,20,22)(H,21,23). The number of halogens is 1. The maximum atomic E-state index is 12.5. The average Bonchev–Trinajstić information content (AvgIpc) is 2.57. The van der Waals surface area contributed by atoms with E-state index in [1.807, 2.05) is 6.92 Å². The van der Waals surface area contributed by atoms with E-state index in [1.54, 1.807) is 36.4 Å². The van der Waals surface area contributed by atoms with E-state index in [1.165, 1.54) is 7.11 Å². The third-order valence-electron chi connectivity index (χ3n) is 3.37. The van der Waals surface area contributed by atoms with Gasteiger partial charge in [-0.25, -0.2) is 0 Å². The summed E-state index contributed by atoms with van der Waals surface area (Å²) < 4.78 is 11.4. The molecule has 0 fully saturated rings. The Bertz CT molecular complexity index is 775. The molecule has 6 nitrogen and oxygen atoms in total. The number of carbonyl (C=O) groups is 2. The van der Waals surface area contributed by atoms with Crippen LogP contribution < -0.4 is 20.5 Å². The van der Waals surface area contributed by atoms with Gasteiger partial charge < -0.3 is 20.5 Å². The first-order chi connectivity index (χ1) is 11.9. The molecule has 0 aliphatic heterocycles. The molecule has 2 aromatic rings. The van der Waals surface area contributed by atoms with E-state index in [-0.39, 0.29) is 12.3 Å². The third-order valence-corrected chi connectivity index (χ3v) is 3.96. The molecule has 2 aromatic carbocycles. The number of rotatable bonds is 7. The molecule has 7 heteroatoms. The maximum absolute atomic E-state index is 12.5. The molecule has 0 saturated heterocycles. The number of methoxy groups -OCH3 is 1. The summed E-state index contributed by atoms with van der Waals surface area (Å²) >= 11 is 3.40. The highest BCUT2D eigenvalue weighted by Gasteiger charge is 2.15. The molecule has 132 valence electrons. The topological polar surface area (TPSA) is 90.6 Å². The lowest BCUT2D eigenvalue weighted by Crippen LogP contribution is -2.14. The van der Waals surface area contributed by atoms with E-state index in [9.17, 15) is 9.59 Å². The lowest BCUT2D eigenvalue weighted by Gasteiger charge is -2.13. The molecule has 25 heavy (non-hydrogen) atoms. The van der Waals surface area contributed by atoms with Gasteiger partial charge in [-0.1, -0.05) is 12.1 Å². The van der Waals surface area contributed by atoms with E-state index in [2.05, 4.69) is 21.2 Å². The normalized spacial score (nSPS) is 10.2. The minimum Gasteiger partial charge on any atom is -0.493 e. The number of anilines is 1. The van der Waals surface area contributed by atoms with Crippen molar-refractivity contribution >= 4 is 33.4 Å². The van der Waals surface area contributed by atoms with Crippen LogP contribution in [0.1, 0.15) is 22.8 Å². The van der Waals surface area contributed by atoms with Crippen molar-refractivity contribution in [2.45, 2.75) is 13.3 Å². The zero-order chi connectivity index (χ0) is 18.4. The number of carbonyl (C=O) groups excluding carboxylic acids is 2. The van der Waals surface area contributed by atoms with Gasteiger partial charge in [-0.15, -0.1) is 0 Å². The van der Waals surface area contributed by atoms with Gasteiger partial charge in [0, 0.05) is 11.3 Å². The summed E-state index contributed by atoms with van der Waals surface area (Å²) in [6, 6.07) is 10.2. The molecule has 0 heterocycles. The molecule has 0 unspecified atom stereocenters. The van der Waals surface area contributed by atoms with Gasteiger partial charge in [0.15, 0.2) is 11.5 Å². The number of nitrogens with one attached hydrogen (secondary N) is 1. The first-order valence-corrected chi connectivity index (χ1v) is 8.42. The maximum Gasteiger partial charge on any atom is 0.255 e. The molecule has 2 amide bonds. The quantitative estimate of drug-likeness (QED) is 0.738. The van der Waals surface area contributed by atoms with Gasteiger partial charge in [0.2, 0.25) is 5.91 Å². The van der Waals surface area contributed by atoms with E-state index in [0.717, 1.165) is 5.56 Å². The molecular formula is C18H19BrN2O4. The van der Waals surface area contributed by atoms with Crippen LogP contribution >= 0.6 is 15.9 Å². The summed E-state index contributed by atoms with van der Waals surface area (Å²) in [5.41, 5.74) is 6.98. The highest BCUT2D eigenvalue weighted by Crippen LogP contribution is 2.36. The lowest BCUT2D eigenvalue weighted by molar-refractivity contribution is -0.117. The van der Waals surface area contributed by atoms with E-state index in [4.69, 9.17) is 15.2 Å².